The average molecular weight is 1170 g/mol. The van der Waals surface area contributed by atoms with Crippen molar-refractivity contribution < 1.29 is 0 Å². The molecule has 2 nitrogen and oxygen atoms in total. The van der Waals surface area contributed by atoms with Gasteiger partial charge in [0.25, 0.3) is 0 Å². The highest BCUT2D eigenvalue weighted by atomic mass is 15.2. The van der Waals surface area contributed by atoms with E-state index in [1.165, 1.54) is 142 Å². The van der Waals surface area contributed by atoms with Crippen LogP contribution in [0.15, 0.2) is 340 Å². The van der Waals surface area contributed by atoms with Crippen LogP contribution in [0.2, 0.25) is 0 Å². The third kappa shape index (κ3) is 6.72. The monoisotopic (exact) mass is 1160 g/mol. The predicted molar refractivity (Wildman–Crippen MR) is 388 cm³/mol. The molecule has 0 heterocycles. The summed E-state index contributed by atoms with van der Waals surface area (Å²) in [6, 6.07) is 130. The second-order valence-corrected chi connectivity index (χ2v) is 25.3. The van der Waals surface area contributed by atoms with Gasteiger partial charge in [0.1, 0.15) is 0 Å². The molecule has 2 atom stereocenters. The van der Waals surface area contributed by atoms with Crippen LogP contribution in [0.1, 0.15) is 33.4 Å². The summed E-state index contributed by atoms with van der Waals surface area (Å²) in [5, 5.41) is 19.8. The first-order valence-corrected chi connectivity index (χ1v) is 32.2. The zero-order valence-corrected chi connectivity index (χ0v) is 50.2. The molecule has 0 radical (unpaired) electrons. The topological polar surface area (TPSA) is 6.48 Å². The van der Waals surface area contributed by atoms with Crippen molar-refractivity contribution >= 4 is 120 Å². The van der Waals surface area contributed by atoms with Crippen LogP contribution in [0.25, 0.3) is 108 Å². The lowest BCUT2D eigenvalue weighted by atomic mass is 9.49. The SMILES string of the molecule is c1ccc(N(c2cc3c(c4ccccc24)-c2ccccc2C3(c2ccccc2)C2(c3ccccc3)c3ccccc3-c3c2cc(N(c2ccccc2)c2ccc4ccc5cccc6ccc2c4c56)c2ccccc32)c2ccc3ccc4cccc5ccc2c3c45)cc1. The zero-order chi connectivity index (χ0) is 60.2. The van der Waals surface area contributed by atoms with Crippen molar-refractivity contribution in [3.63, 3.8) is 0 Å². The van der Waals surface area contributed by atoms with Crippen molar-refractivity contribution in [2.24, 2.45) is 0 Å². The van der Waals surface area contributed by atoms with Gasteiger partial charge in [-0.1, -0.05) is 291 Å². The average Bonchev–Trinajstić information content (AvgIpc) is 1.46. The van der Waals surface area contributed by atoms with Gasteiger partial charge < -0.3 is 9.80 Å². The van der Waals surface area contributed by atoms with E-state index in [4.69, 9.17) is 0 Å². The smallest absolute Gasteiger partial charge is 0.0642 e. The first kappa shape index (κ1) is 51.1. The molecule has 2 unspecified atom stereocenters. The highest BCUT2D eigenvalue weighted by Gasteiger charge is 2.65. The van der Waals surface area contributed by atoms with Gasteiger partial charge in [0, 0.05) is 32.9 Å². The molecule has 0 fully saturated rings. The van der Waals surface area contributed by atoms with E-state index >= 15 is 0 Å². The van der Waals surface area contributed by atoms with E-state index in [9.17, 15) is 0 Å². The molecule has 0 spiro atoms. The third-order valence-electron chi connectivity index (χ3n) is 21.0. The van der Waals surface area contributed by atoms with Gasteiger partial charge in [-0.05, 0) is 169 Å². The van der Waals surface area contributed by atoms with Gasteiger partial charge in [0.15, 0.2) is 0 Å². The maximum Gasteiger partial charge on any atom is 0.0642 e. The standard InChI is InChI=1S/C90H56N2/c1-5-27-63(28-6-1)89(75-41-19-17-39-71(75)87-69-37-15-13-35-67(69)81(55-77(87)89)91(65-31-9-3-10-32-65)79-53-49-61-45-43-57-23-21-25-59-47-51-73(79)85(61)83(57)59)90(64-29-7-2-8-30-64)76-42-20-18-40-72(76)88-70-38-16-14-36-68(70)82(56-78(88)90)92(66-33-11-4-12-34-66)80-54-50-62-46-44-58-24-22-26-60-48-52-74(80)86(62)84(58)60/h1-56H. The predicted octanol–water partition coefficient (Wildman–Crippen LogP) is 24.1. The Morgan fingerprint density at radius 3 is 0.913 bits per heavy atom. The second-order valence-electron chi connectivity index (χ2n) is 25.3. The molecular formula is C90H56N2. The van der Waals surface area contributed by atoms with Crippen LogP contribution in [0.5, 0.6) is 0 Å². The van der Waals surface area contributed by atoms with Gasteiger partial charge in [0.05, 0.1) is 33.6 Å². The maximum atomic E-state index is 2.64. The lowest BCUT2D eigenvalue weighted by molar-refractivity contribution is 0.438. The quantitative estimate of drug-likeness (QED) is 0.133. The first-order valence-electron chi connectivity index (χ1n) is 32.2. The van der Waals surface area contributed by atoms with Crippen LogP contribution in [-0.4, -0.2) is 0 Å². The van der Waals surface area contributed by atoms with E-state index in [1.807, 2.05) is 0 Å². The molecule has 18 aromatic rings. The summed E-state index contributed by atoms with van der Waals surface area (Å²) in [5.74, 6) is 0. The summed E-state index contributed by atoms with van der Waals surface area (Å²) in [6.07, 6.45) is 0. The lowest BCUT2D eigenvalue weighted by Crippen LogP contribution is -2.50. The molecule has 0 amide bonds. The first-order chi connectivity index (χ1) is 45.7. The number of rotatable bonds is 9. The molecule has 20 rings (SSSR count). The Kier molecular flexibility index (Phi) is 10.7. The minimum atomic E-state index is -0.947. The fourth-order valence-corrected chi connectivity index (χ4v) is 17.6. The largest absolute Gasteiger partial charge is 0.309 e. The summed E-state index contributed by atoms with van der Waals surface area (Å²) in [5.41, 5.74) is 17.3. The fourth-order valence-electron chi connectivity index (χ4n) is 17.6. The van der Waals surface area contributed by atoms with Crippen molar-refractivity contribution in [3.05, 3.63) is 373 Å². The zero-order valence-electron chi connectivity index (χ0n) is 50.2. The lowest BCUT2D eigenvalue weighted by Gasteiger charge is -2.51. The van der Waals surface area contributed by atoms with Crippen LogP contribution in [0, 0.1) is 0 Å². The molecule has 0 N–H and O–H groups in total. The van der Waals surface area contributed by atoms with Gasteiger partial charge >= 0.3 is 0 Å². The number of fused-ring (bicyclic) bond motifs is 10. The molecule has 426 valence electrons. The summed E-state index contributed by atoms with van der Waals surface area (Å²) >= 11 is 0. The van der Waals surface area contributed by atoms with Crippen molar-refractivity contribution in [3.8, 4) is 22.3 Å². The molecule has 0 bridgehead atoms. The molecule has 0 saturated carbocycles. The minimum absolute atomic E-state index is 0.947. The number of para-hydroxylation sites is 2. The van der Waals surface area contributed by atoms with Crippen LogP contribution in [0.4, 0.5) is 34.1 Å². The summed E-state index contributed by atoms with van der Waals surface area (Å²) in [7, 11) is 0. The molecule has 0 aromatic heterocycles. The molecule has 18 aromatic carbocycles. The van der Waals surface area contributed by atoms with Gasteiger partial charge in [-0.2, -0.15) is 0 Å². The summed E-state index contributed by atoms with van der Waals surface area (Å²) in [4.78, 5) is 5.16. The van der Waals surface area contributed by atoms with E-state index in [0.29, 0.717) is 0 Å². The van der Waals surface area contributed by atoms with E-state index in [-0.39, 0.29) is 0 Å². The van der Waals surface area contributed by atoms with Crippen molar-refractivity contribution in [1.29, 1.82) is 0 Å². The number of hydrogen-bond donors (Lipinski definition) is 0. The second kappa shape index (κ2) is 19.3. The fraction of sp³-hybridized carbons (Fsp3) is 0.0222. The van der Waals surface area contributed by atoms with Crippen molar-refractivity contribution in [2.75, 3.05) is 9.80 Å². The molecule has 2 heteroatoms. The van der Waals surface area contributed by atoms with E-state index in [2.05, 4.69) is 350 Å². The van der Waals surface area contributed by atoms with E-state index < -0.39 is 10.8 Å². The van der Waals surface area contributed by atoms with Crippen LogP contribution in [-0.2, 0) is 10.8 Å². The van der Waals surface area contributed by atoms with Gasteiger partial charge in [-0.25, -0.2) is 0 Å². The Hall–Kier alpha value is -11.8. The third-order valence-corrected chi connectivity index (χ3v) is 21.0. The number of hydrogen-bond acceptors (Lipinski definition) is 2. The van der Waals surface area contributed by atoms with Crippen molar-refractivity contribution in [2.45, 2.75) is 10.8 Å². The number of anilines is 6. The summed E-state index contributed by atoms with van der Waals surface area (Å²) < 4.78 is 0. The highest BCUT2D eigenvalue weighted by molar-refractivity contribution is 6.28. The van der Waals surface area contributed by atoms with Crippen LogP contribution >= 0.6 is 0 Å². The maximum absolute atomic E-state index is 2.64. The molecule has 92 heavy (non-hydrogen) atoms. The minimum Gasteiger partial charge on any atom is -0.309 e. The Balaban J connectivity index is 0.963. The van der Waals surface area contributed by atoms with Gasteiger partial charge in [-0.15, -0.1) is 0 Å². The molecular weight excluding hydrogens is 1110 g/mol. The van der Waals surface area contributed by atoms with Crippen LogP contribution in [0.3, 0.4) is 0 Å². The number of benzene rings is 18. The Bertz CT molecular complexity index is 5610. The molecule has 2 aliphatic carbocycles. The Morgan fingerprint density at radius 1 is 0.196 bits per heavy atom. The van der Waals surface area contributed by atoms with Gasteiger partial charge in [0.2, 0.25) is 0 Å². The number of nitrogens with zero attached hydrogens (tertiary/aromatic N) is 2. The van der Waals surface area contributed by atoms with Crippen LogP contribution < -0.4 is 9.80 Å². The normalized spacial score (nSPS) is 15.7. The molecule has 0 saturated heterocycles. The van der Waals surface area contributed by atoms with E-state index in [0.717, 1.165) is 34.1 Å². The Morgan fingerprint density at radius 2 is 0.511 bits per heavy atom. The van der Waals surface area contributed by atoms with E-state index in [1.54, 1.807) is 0 Å². The van der Waals surface area contributed by atoms with Crippen molar-refractivity contribution in [1.82, 2.24) is 0 Å². The summed E-state index contributed by atoms with van der Waals surface area (Å²) in [6.45, 7) is 0. The molecule has 0 aliphatic heterocycles. The Labute approximate surface area is 533 Å². The molecule has 2 aliphatic rings. The van der Waals surface area contributed by atoms with Gasteiger partial charge in [-0.3, -0.25) is 0 Å². The highest BCUT2D eigenvalue weighted by Crippen LogP contribution is 2.72.